The minimum atomic E-state index is -0.479. The highest BCUT2D eigenvalue weighted by molar-refractivity contribution is 5.89. The Morgan fingerprint density at radius 3 is 2.71 bits per heavy atom. The zero-order valence-electron chi connectivity index (χ0n) is 13.6. The minimum absolute atomic E-state index is 0.349. The van der Waals surface area contributed by atoms with Gasteiger partial charge in [-0.25, -0.2) is 9.18 Å². The summed E-state index contributed by atoms with van der Waals surface area (Å²) in [5.41, 5.74) is 0.897. The van der Waals surface area contributed by atoms with Gasteiger partial charge in [-0.2, -0.15) is 0 Å². The summed E-state index contributed by atoms with van der Waals surface area (Å²) in [6.07, 6.45) is 2.06. The van der Waals surface area contributed by atoms with Crippen molar-refractivity contribution in [3.05, 3.63) is 59.9 Å². The van der Waals surface area contributed by atoms with Gasteiger partial charge in [-0.1, -0.05) is 18.2 Å². The minimum Gasteiger partial charge on any atom is -0.497 e. The predicted molar refractivity (Wildman–Crippen MR) is 89.8 cm³/mol. The Balaban J connectivity index is 1.82. The number of ether oxygens (including phenoxy) is 2. The second-order valence-corrected chi connectivity index (χ2v) is 5.73. The van der Waals surface area contributed by atoms with E-state index >= 15 is 0 Å². The lowest BCUT2D eigenvalue weighted by Crippen LogP contribution is -2.43. The predicted octanol–water partition coefficient (Wildman–Crippen LogP) is 4.01. The topological polar surface area (TPSA) is 38.8 Å². The van der Waals surface area contributed by atoms with Crippen LogP contribution in [0, 0.1) is 5.82 Å². The summed E-state index contributed by atoms with van der Waals surface area (Å²) in [7, 11) is 1.54. The van der Waals surface area contributed by atoms with E-state index in [2.05, 4.69) is 0 Å². The highest BCUT2D eigenvalue weighted by Crippen LogP contribution is 2.31. The zero-order chi connectivity index (χ0) is 16.9. The SMILES string of the molecule is COc1ccc(F)c(N2CCCCC2OC(=O)c2ccccc2)c1. The van der Waals surface area contributed by atoms with E-state index in [4.69, 9.17) is 9.47 Å². The number of carbonyl (C=O) groups excluding carboxylic acids is 1. The van der Waals surface area contributed by atoms with Crippen LogP contribution < -0.4 is 9.64 Å². The lowest BCUT2D eigenvalue weighted by molar-refractivity contribution is 0.0234. The van der Waals surface area contributed by atoms with Gasteiger partial charge in [-0.3, -0.25) is 0 Å². The van der Waals surface area contributed by atoms with Gasteiger partial charge in [-0.15, -0.1) is 0 Å². The molecule has 0 saturated carbocycles. The van der Waals surface area contributed by atoms with E-state index in [1.807, 2.05) is 11.0 Å². The maximum Gasteiger partial charge on any atom is 0.340 e. The average molecular weight is 329 g/mol. The number of hydrogen-bond acceptors (Lipinski definition) is 4. The Hall–Kier alpha value is -2.56. The molecule has 0 aliphatic carbocycles. The van der Waals surface area contributed by atoms with Crippen molar-refractivity contribution >= 4 is 11.7 Å². The lowest BCUT2D eigenvalue weighted by Gasteiger charge is -2.36. The average Bonchev–Trinajstić information content (AvgIpc) is 2.63. The molecule has 1 fully saturated rings. The van der Waals surface area contributed by atoms with Gasteiger partial charge in [0, 0.05) is 19.0 Å². The Labute approximate surface area is 140 Å². The van der Waals surface area contributed by atoms with Crippen LogP contribution in [-0.2, 0) is 4.74 Å². The van der Waals surface area contributed by atoms with Crippen molar-refractivity contribution in [3.8, 4) is 5.75 Å². The van der Waals surface area contributed by atoms with Crippen LogP contribution in [0.3, 0.4) is 0 Å². The molecule has 2 aromatic rings. The molecule has 1 aliphatic rings. The van der Waals surface area contributed by atoms with Gasteiger partial charge in [0.2, 0.25) is 0 Å². The van der Waals surface area contributed by atoms with Crippen molar-refractivity contribution in [2.45, 2.75) is 25.5 Å². The Morgan fingerprint density at radius 1 is 1.17 bits per heavy atom. The van der Waals surface area contributed by atoms with E-state index in [-0.39, 0.29) is 5.82 Å². The van der Waals surface area contributed by atoms with Crippen LogP contribution in [0.5, 0.6) is 5.75 Å². The number of benzene rings is 2. The monoisotopic (exact) mass is 329 g/mol. The highest BCUT2D eigenvalue weighted by atomic mass is 19.1. The molecule has 24 heavy (non-hydrogen) atoms. The normalized spacial score (nSPS) is 17.4. The van der Waals surface area contributed by atoms with E-state index < -0.39 is 12.2 Å². The third kappa shape index (κ3) is 3.50. The first-order valence-electron chi connectivity index (χ1n) is 8.05. The molecular formula is C19H20FNO3. The number of hydrogen-bond donors (Lipinski definition) is 0. The van der Waals surface area contributed by atoms with Gasteiger partial charge >= 0.3 is 5.97 Å². The second kappa shape index (κ2) is 7.34. The summed E-state index contributed by atoms with van der Waals surface area (Å²) < 4.78 is 25.1. The van der Waals surface area contributed by atoms with Crippen LogP contribution >= 0.6 is 0 Å². The van der Waals surface area contributed by atoms with Crippen molar-refractivity contribution in [1.29, 1.82) is 0 Å². The number of anilines is 1. The molecule has 1 heterocycles. The van der Waals surface area contributed by atoms with Crippen molar-refractivity contribution in [2.75, 3.05) is 18.6 Å². The summed E-state index contributed by atoms with van der Waals surface area (Å²) in [6, 6.07) is 13.4. The number of piperidine rings is 1. The maximum atomic E-state index is 14.3. The third-order valence-corrected chi connectivity index (χ3v) is 4.16. The molecule has 5 heteroatoms. The standard InChI is InChI=1S/C19H20FNO3/c1-23-15-10-11-16(20)17(13-15)21-12-6-5-9-18(21)24-19(22)14-7-3-2-4-8-14/h2-4,7-8,10-11,13,18H,5-6,9,12H2,1H3. The number of rotatable bonds is 4. The summed E-state index contributed by atoms with van der Waals surface area (Å²) >= 11 is 0. The van der Waals surface area contributed by atoms with Gasteiger partial charge in [0.15, 0.2) is 6.23 Å². The van der Waals surface area contributed by atoms with Crippen molar-refractivity contribution in [2.24, 2.45) is 0 Å². The van der Waals surface area contributed by atoms with Gasteiger partial charge < -0.3 is 14.4 Å². The molecule has 1 aliphatic heterocycles. The van der Waals surface area contributed by atoms with E-state index in [1.54, 1.807) is 43.5 Å². The highest BCUT2D eigenvalue weighted by Gasteiger charge is 2.28. The van der Waals surface area contributed by atoms with Crippen LogP contribution in [0.15, 0.2) is 48.5 Å². The van der Waals surface area contributed by atoms with Crippen LogP contribution in [0.2, 0.25) is 0 Å². The molecule has 2 aromatic carbocycles. The molecule has 0 spiro atoms. The van der Waals surface area contributed by atoms with Crippen LogP contribution in [0.25, 0.3) is 0 Å². The fraction of sp³-hybridized carbons (Fsp3) is 0.316. The third-order valence-electron chi connectivity index (χ3n) is 4.16. The smallest absolute Gasteiger partial charge is 0.340 e. The molecule has 0 radical (unpaired) electrons. The number of halogens is 1. The van der Waals surface area contributed by atoms with Gasteiger partial charge in [0.1, 0.15) is 11.6 Å². The number of methoxy groups -OCH3 is 1. The molecule has 4 nitrogen and oxygen atoms in total. The van der Waals surface area contributed by atoms with Gasteiger partial charge in [-0.05, 0) is 37.1 Å². The molecule has 0 aromatic heterocycles. The molecule has 0 bridgehead atoms. The summed E-state index contributed by atoms with van der Waals surface area (Å²) in [6.45, 7) is 0.636. The number of esters is 1. The molecular weight excluding hydrogens is 309 g/mol. The fourth-order valence-electron chi connectivity index (χ4n) is 2.90. The van der Waals surface area contributed by atoms with Crippen LogP contribution in [-0.4, -0.2) is 25.9 Å². The van der Waals surface area contributed by atoms with Gasteiger partial charge in [0.25, 0.3) is 0 Å². The van der Waals surface area contributed by atoms with Crippen molar-refractivity contribution in [3.63, 3.8) is 0 Å². The summed E-state index contributed by atoms with van der Waals surface area (Å²) in [4.78, 5) is 14.1. The summed E-state index contributed by atoms with van der Waals surface area (Å²) in [5, 5.41) is 0. The van der Waals surface area contributed by atoms with Crippen LogP contribution in [0.4, 0.5) is 10.1 Å². The first-order valence-corrected chi connectivity index (χ1v) is 8.05. The van der Waals surface area contributed by atoms with Crippen molar-refractivity contribution in [1.82, 2.24) is 0 Å². The molecule has 126 valence electrons. The maximum absolute atomic E-state index is 14.3. The second-order valence-electron chi connectivity index (χ2n) is 5.73. The molecule has 1 atom stereocenters. The molecule has 1 unspecified atom stereocenters. The van der Waals surface area contributed by atoms with Crippen LogP contribution in [0.1, 0.15) is 29.6 Å². The number of nitrogens with zero attached hydrogens (tertiary/aromatic N) is 1. The molecule has 1 saturated heterocycles. The quantitative estimate of drug-likeness (QED) is 0.795. The van der Waals surface area contributed by atoms with Gasteiger partial charge in [0.05, 0.1) is 18.4 Å². The van der Waals surface area contributed by atoms with Crippen molar-refractivity contribution < 1.29 is 18.7 Å². The molecule has 3 rings (SSSR count). The first-order chi connectivity index (χ1) is 11.7. The fourth-order valence-corrected chi connectivity index (χ4v) is 2.90. The number of carbonyl (C=O) groups is 1. The van der Waals surface area contributed by atoms with E-state index in [0.717, 1.165) is 12.8 Å². The molecule has 0 N–H and O–H groups in total. The van der Waals surface area contributed by atoms with E-state index in [0.29, 0.717) is 30.0 Å². The zero-order valence-corrected chi connectivity index (χ0v) is 13.6. The Kier molecular flexibility index (Phi) is 4.99. The first kappa shape index (κ1) is 16.3. The lowest BCUT2D eigenvalue weighted by atomic mass is 10.1. The largest absolute Gasteiger partial charge is 0.497 e. The summed E-state index contributed by atoms with van der Waals surface area (Å²) in [5.74, 6) is -0.167. The molecule has 0 amide bonds. The van der Waals surface area contributed by atoms with E-state index in [9.17, 15) is 9.18 Å². The Bertz CT molecular complexity index is 705. The Morgan fingerprint density at radius 2 is 1.96 bits per heavy atom. The van der Waals surface area contributed by atoms with E-state index in [1.165, 1.54) is 6.07 Å².